The Balaban J connectivity index is 3.83. The van der Waals surface area contributed by atoms with E-state index >= 15 is 0 Å². The first kappa shape index (κ1) is 13.5. The predicted molar refractivity (Wildman–Crippen MR) is 48.0 cm³/mol. The summed E-state index contributed by atoms with van der Waals surface area (Å²) < 4.78 is 13.6. The van der Waals surface area contributed by atoms with Gasteiger partial charge in [0.2, 0.25) is 0 Å². The van der Waals surface area contributed by atoms with Crippen LogP contribution < -0.4 is 0 Å². The fourth-order valence-corrected chi connectivity index (χ4v) is 0.842. The Labute approximate surface area is 86.5 Å². The Kier molecular flexibility index (Phi) is 7.08. The minimum atomic E-state index is -1.47. The Bertz CT molecular complexity index is 203. The van der Waals surface area contributed by atoms with Crippen LogP contribution >= 0.6 is 0 Å². The molecule has 0 aliphatic carbocycles. The van der Waals surface area contributed by atoms with Gasteiger partial charge in [-0.25, -0.2) is 9.59 Å². The van der Waals surface area contributed by atoms with Crippen molar-refractivity contribution in [2.24, 2.45) is 0 Å². The van der Waals surface area contributed by atoms with Crippen LogP contribution in [0.5, 0.6) is 0 Å². The maximum absolute atomic E-state index is 10.2. The van der Waals surface area contributed by atoms with E-state index in [9.17, 15) is 9.59 Å². The van der Waals surface area contributed by atoms with Gasteiger partial charge in [0, 0.05) is 13.0 Å². The SMILES string of the molecule is CCOCCC(COC(=O)O)OC(=O)O. The summed E-state index contributed by atoms with van der Waals surface area (Å²) in [7, 11) is 0. The molecule has 0 spiro atoms. The van der Waals surface area contributed by atoms with Crippen LogP contribution in [0.3, 0.4) is 0 Å². The van der Waals surface area contributed by atoms with Crippen molar-refractivity contribution in [2.75, 3.05) is 19.8 Å². The maximum Gasteiger partial charge on any atom is 0.506 e. The summed E-state index contributed by atoms with van der Waals surface area (Å²) in [6, 6.07) is 0. The third kappa shape index (κ3) is 8.82. The zero-order valence-electron chi connectivity index (χ0n) is 8.34. The summed E-state index contributed by atoms with van der Waals surface area (Å²) in [6.07, 6.45) is -3.51. The predicted octanol–water partition coefficient (Wildman–Crippen LogP) is 1.17. The molecule has 7 nitrogen and oxygen atoms in total. The minimum Gasteiger partial charge on any atom is -0.450 e. The first-order valence-corrected chi connectivity index (χ1v) is 4.39. The monoisotopic (exact) mass is 222 g/mol. The van der Waals surface area contributed by atoms with Gasteiger partial charge in [-0.2, -0.15) is 0 Å². The van der Waals surface area contributed by atoms with Gasteiger partial charge in [0.1, 0.15) is 12.7 Å². The van der Waals surface area contributed by atoms with Gasteiger partial charge in [0.15, 0.2) is 0 Å². The molecule has 0 radical (unpaired) electrons. The topological polar surface area (TPSA) is 102 Å². The standard InChI is InChI=1S/C8H14O7/c1-2-13-4-3-6(15-8(11)12)5-14-7(9)10/h6H,2-5H2,1H3,(H,9,10)(H,11,12). The van der Waals surface area contributed by atoms with E-state index in [-0.39, 0.29) is 19.6 Å². The molecule has 0 aromatic carbocycles. The molecule has 0 amide bonds. The van der Waals surface area contributed by atoms with E-state index in [1.54, 1.807) is 6.92 Å². The number of rotatable bonds is 7. The third-order valence-electron chi connectivity index (χ3n) is 1.45. The van der Waals surface area contributed by atoms with Gasteiger partial charge in [-0.15, -0.1) is 0 Å². The molecule has 0 aromatic rings. The smallest absolute Gasteiger partial charge is 0.450 e. The molecule has 7 heteroatoms. The van der Waals surface area contributed by atoms with Crippen LogP contribution in [0, 0.1) is 0 Å². The van der Waals surface area contributed by atoms with Crippen molar-refractivity contribution >= 4 is 12.3 Å². The van der Waals surface area contributed by atoms with Gasteiger partial charge in [-0.3, -0.25) is 0 Å². The summed E-state index contributed by atoms with van der Waals surface area (Å²) in [5.41, 5.74) is 0. The van der Waals surface area contributed by atoms with Crippen molar-refractivity contribution in [1.29, 1.82) is 0 Å². The maximum atomic E-state index is 10.2. The first-order valence-electron chi connectivity index (χ1n) is 4.39. The number of carboxylic acid groups (broad SMARTS) is 2. The van der Waals surface area contributed by atoms with E-state index in [1.807, 2.05) is 0 Å². The lowest BCUT2D eigenvalue weighted by molar-refractivity contribution is -0.00916. The van der Waals surface area contributed by atoms with Crippen molar-refractivity contribution < 1.29 is 34.0 Å². The van der Waals surface area contributed by atoms with E-state index < -0.39 is 18.4 Å². The molecule has 0 fully saturated rings. The highest BCUT2D eigenvalue weighted by Crippen LogP contribution is 2.01. The Morgan fingerprint density at radius 3 is 2.40 bits per heavy atom. The quantitative estimate of drug-likeness (QED) is 0.492. The molecule has 0 aromatic heterocycles. The van der Waals surface area contributed by atoms with Crippen molar-refractivity contribution in [1.82, 2.24) is 0 Å². The number of ether oxygens (including phenoxy) is 3. The molecular formula is C8H14O7. The van der Waals surface area contributed by atoms with Gasteiger partial charge < -0.3 is 24.4 Å². The van der Waals surface area contributed by atoms with Gasteiger partial charge in [0.05, 0.1) is 6.61 Å². The molecular weight excluding hydrogens is 208 g/mol. The summed E-state index contributed by atoms with van der Waals surface area (Å²) in [6.45, 7) is 2.26. The molecule has 0 rings (SSSR count). The van der Waals surface area contributed by atoms with Crippen molar-refractivity contribution in [3.05, 3.63) is 0 Å². The van der Waals surface area contributed by atoms with Crippen LogP contribution in [-0.2, 0) is 14.2 Å². The van der Waals surface area contributed by atoms with E-state index in [1.165, 1.54) is 0 Å². The molecule has 15 heavy (non-hydrogen) atoms. The van der Waals surface area contributed by atoms with Gasteiger partial charge in [0.25, 0.3) is 0 Å². The second kappa shape index (κ2) is 7.86. The van der Waals surface area contributed by atoms with E-state index in [2.05, 4.69) is 9.47 Å². The van der Waals surface area contributed by atoms with Gasteiger partial charge >= 0.3 is 12.3 Å². The van der Waals surface area contributed by atoms with Crippen molar-refractivity contribution in [3.63, 3.8) is 0 Å². The van der Waals surface area contributed by atoms with Crippen LogP contribution in [0.2, 0.25) is 0 Å². The number of hydrogen-bond donors (Lipinski definition) is 2. The second-order valence-electron chi connectivity index (χ2n) is 2.57. The minimum absolute atomic E-state index is 0.257. The summed E-state index contributed by atoms with van der Waals surface area (Å²) in [5, 5.41) is 16.6. The molecule has 0 saturated carbocycles. The Hall–Kier alpha value is -1.50. The molecule has 2 N–H and O–H groups in total. The summed E-state index contributed by atoms with van der Waals surface area (Å²) in [4.78, 5) is 20.3. The van der Waals surface area contributed by atoms with Gasteiger partial charge in [-0.05, 0) is 6.92 Å². The highest BCUT2D eigenvalue weighted by Gasteiger charge is 2.15. The van der Waals surface area contributed by atoms with Crippen molar-refractivity contribution in [3.8, 4) is 0 Å². The van der Waals surface area contributed by atoms with Crippen LogP contribution in [0.25, 0.3) is 0 Å². The first-order chi connectivity index (χ1) is 7.06. The van der Waals surface area contributed by atoms with Crippen LogP contribution in [0.15, 0.2) is 0 Å². The average molecular weight is 222 g/mol. The van der Waals surface area contributed by atoms with Crippen LogP contribution in [0.1, 0.15) is 13.3 Å². The van der Waals surface area contributed by atoms with Crippen LogP contribution in [-0.4, -0.2) is 48.4 Å². The molecule has 0 saturated heterocycles. The lowest BCUT2D eigenvalue weighted by Crippen LogP contribution is -2.25. The Morgan fingerprint density at radius 1 is 1.27 bits per heavy atom. The molecule has 1 atom stereocenters. The molecule has 0 heterocycles. The molecule has 0 aliphatic rings. The normalized spacial score (nSPS) is 11.8. The number of carbonyl (C=O) groups is 2. The molecule has 1 unspecified atom stereocenters. The Morgan fingerprint density at radius 2 is 1.93 bits per heavy atom. The lowest BCUT2D eigenvalue weighted by Gasteiger charge is -2.14. The number of hydrogen-bond acceptors (Lipinski definition) is 5. The molecule has 0 aliphatic heterocycles. The average Bonchev–Trinajstić information content (AvgIpc) is 2.13. The zero-order chi connectivity index (χ0) is 11.7. The van der Waals surface area contributed by atoms with E-state index in [0.29, 0.717) is 6.61 Å². The van der Waals surface area contributed by atoms with E-state index in [0.717, 1.165) is 0 Å². The highest BCUT2D eigenvalue weighted by atomic mass is 16.7. The fraction of sp³-hybridized carbons (Fsp3) is 0.750. The summed E-state index contributed by atoms with van der Waals surface area (Å²) in [5.74, 6) is 0. The zero-order valence-corrected chi connectivity index (χ0v) is 8.34. The van der Waals surface area contributed by atoms with E-state index in [4.69, 9.17) is 14.9 Å². The van der Waals surface area contributed by atoms with Crippen molar-refractivity contribution in [2.45, 2.75) is 19.4 Å². The highest BCUT2D eigenvalue weighted by molar-refractivity contribution is 5.58. The third-order valence-corrected chi connectivity index (χ3v) is 1.45. The second-order valence-corrected chi connectivity index (χ2v) is 2.57. The van der Waals surface area contributed by atoms with Crippen LogP contribution in [0.4, 0.5) is 9.59 Å². The fourth-order valence-electron chi connectivity index (χ4n) is 0.842. The summed E-state index contributed by atoms with van der Waals surface area (Å²) >= 11 is 0. The molecule has 88 valence electrons. The largest absolute Gasteiger partial charge is 0.506 e. The lowest BCUT2D eigenvalue weighted by atomic mass is 10.3. The molecule has 0 bridgehead atoms. The van der Waals surface area contributed by atoms with Gasteiger partial charge in [-0.1, -0.05) is 0 Å².